The van der Waals surface area contributed by atoms with Crippen LogP contribution in [-0.2, 0) is 0 Å². The number of aromatic nitrogens is 2. The largest absolute Gasteiger partial charge is 0.244 e. The highest BCUT2D eigenvalue weighted by atomic mass is 35.5. The van der Waals surface area contributed by atoms with Crippen LogP contribution in [0.1, 0.15) is 0 Å². The summed E-state index contributed by atoms with van der Waals surface area (Å²) >= 11 is 11.6. The van der Waals surface area contributed by atoms with E-state index in [0.717, 1.165) is 0 Å². The summed E-state index contributed by atoms with van der Waals surface area (Å²) in [5, 5.41) is 0.576. The molecule has 0 aliphatic heterocycles. The van der Waals surface area contributed by atoms with Crippen molar-refractivity contribution in [3.05, 3.63) is 46.7 Å². The average Bonchev–Trinajstić information content (AvgIpc) is 2.23. The molecule has 76 valence electrons. The summed E-state index contributed by atoms with van der Waals surface area (Å²) < 4.78 is 13.4. The molecule has 5 heteroatoms. The first kappa shape index (κ1) is 10.3. The SMILES string of the molecule is Fc1ncc(Cl)cc1-c1cccnc1Cl. The minimum absolute atomic E-state index is 0.223. The molecule has 0 fully saturated rings. The Morgan fingerprint density at radius 3 is 2.67 bits per heavy atom. The fourth-order valence-electron chi connectivity index (χ4n) is 1.20. The van der Waals surface area contributed by atoms with Gasteiger partial charge < -0.3 is 0 Å². The van der Waals surface area contributed by atoms with Gasteiger partial charge in [0, 0.05) is 23.5 Å². The molecule has 0 saturated carbocycles. The van der Waals surface area contributed by atoms with Gasteiger partial charge in [0.15, 0.2) is 0 Å². The highest BCUT2D eigenvalue weighted by molar-refractivity contribution is 6.32. The molecule has 2 aromatic heterocycles. The van der Waals surface area contributed by atoms with Crippen LogP contribution in [0.15, 0.2) is 30.6 Å². The van der Waals surface area contributed by atoms with E-state index in [2.05, 4.69) is 9.97 Å². The number of nitrogens with zero attached hydrogens (tertiary/aromatic N) is 2. The average molecular weight is 243 g/mol. The molecular weight excluding hydrogens is 238 g/mol. The summed E-state index contributed by atoms with van der Waals surface area (Å²) in [5.41, 5.74) is 0.729. The van der Waals surface area contributed by atoms with E-state index in [1.165, 1.54) is 18.5 Å². The Hall–Kier alpha value is -1.19. The molecule has 2 heterocycles. The molecule has 2 rings (SSSR count). The maximum absolute atomic E-state index is 13.4. The predicted octanol–water partition coefficient (Wildman–Crippen LogP) is 3.59. The topological polar surface area (TPSA) is 25.8 Å². The van der Waals surface area contributed by atoms with Crippen molar-refractivity contribution in [1.82, 2.24) is 9.97 Å². The summed E-state index contributed by atoms with van der Waals surface area (Å²) in [5.74, 6) is -0.616. The molecule has 0 spiro atoms. The van der Waals surface area contributed by atoms with Gasteiger partial charge in [-0.1, -0.05) is 23.2 Å². The molecule has 0 saturated heterocycles. The molecule has 0 unspecified atom stereocenters. The third kappa shape index (κ3) is 2.08. The van der Waals surface area contributed by atoms with E-state index in [0.29, 0.717) is 10.6 Å². The van der Waals surface area contributed by atoms with Crippen molar-refractivity contribution in [1.29, 1.82) is 0 Å². The Kier molecular flexibility index (Phi) is 2.84. The summed E-state index contributed by atoms with van der Waals surface area (Å²) in [7, 11) is 0. The number of hydrogen-bond donors (Lipinski definition) is 0. The zero-order valence-corrected chi connectivity index (χ0v) is 8.93. The first-order valence-corrected chi connectivity index (χ1v) is 4.86. The molecule has 2 nitrogen and oxygen atoms in total. The Morgan fingerprint density at radius 1 is 1.13 bits per heavy atom. The lowest BCUT2D eigenvalue weighted by Gasteiger charge is -2.04. The molecule has 0 aliphatic rings. The summed E-state index contributed by atoms with van der Waals surface area (Å²) in [4.78, 5) is 7.37. The molecule has 0 amide bonds. The molecule has 0 atom stereocenters. The van der Waals surface area contributed by atoms with Crippen LogP contribution in [-0.4, -0.2) is 9.97 Å². The summed E-state index contributed by atoms with van der Waals surface area (Å²) in [6, 6.07) is 4.79. The van der Waals surface area contributed by atoms with Crippen molar-refractivity contribution in [2.24, 2.45) is 0 Å². The highest BCUT2D eigenvalue weighted by Gasteiger charge is 2.10. The predicted molar refractivity (Wildman–Crippen MR) is 57.4 cm³/mol. The molecule has 0 N–H and O–H groups in total. The second-order valence-electron chi connectivity index (χ2n) is 2.83. The lowest BCUT2D eigenvalue weighted by Crippen LogP contribution is -1.90. The molecule has 15 heavy (non-hydrogen) atoms. The Morgan fingerprint density at radius 2 is 1.93 bits per heavy atom. The van der Waals surface area contributed by atoms with Gasteiger partial charge >= 0.3 is 0 Å². The zero-order chi connectivity index (χ0) is 10.8. The summed E-state index contributed by atoms with van der Waals surface area (Å²) in [6.07, 6.45) is 2.77. The Balaban J connectivity index is 2.64. The molecule has 0 radical (unpaired) electrons. The lowest BCUT2D eigenvalue weighted by atomic mass is 10.1. The monoisotopic (exact) mass is 242 g/mol. The smallest absolute Gasteiger partial charge is 0.220 e. The van der Waals surface area contributed by atoms with E-state index < -0.39 is 5.95 Å². The quantitative estimate of drug-likeness (QED) is 0.715. The van der Waals surface area contributed by atoms with Gasteiger partial charge in [-0.15, -0.1) is 0 Å². The van der Waals surface area contributed by atoms with Crippen molar-refractivity contribution in [3.63, 3.8) is 0 Å². The van der Waals surface area contributed by atoms with E-state index in [4.69, 9.17) is 23.2 Å². The molecule has 0 aromatic carbocycles. The Labute approximate surface area is 95.7 Å². The summed E-state index contributed by atoms with van der Waals surface area (Å²) in [6.45, 7) is 0. The first-order valence-electron chi connectivity index (χ1n) is 4.10. The first-order chi connectivity index (χ1) is 7.18. The normalized spacial score (nSPS) is 10.3. The molecular formula is C10H5Cl2FN2. The van der Waals surface area contributed by atoms with Crippen LogP contribution >= 0.6 is 23.2 Å². The highest BCUT2D eigenvalue weighted by Crippen LogP contribution is 2.28. The van der Waals surface area contributed by atoms with Crippen LogP contribution < -0.4 is 0 Å². The number of halogens is 3. The van der Waals surface area contributed by atoms with Crippen molar-refractivity contribution in [2.75, 3.05) is 0 Å². The van der Waals surface area contributed by atoms with Crippen molar-refractivity contribution in [3.8, 4) is 11.1 Å². The maximum Gasteiger partial charge on any atom is 0.220 e. The second kappa shape index (κ2) is 4.13. The number of pyridine rings is 2. The van der Waals surface area contributed by atoms with Gasteiger partial charge in [0.25, 0.3) is 0 Å². The van der Waals surface area contributed by atoms with Gasteiger partial charge in [-0.2, -0.15) is 4.39 Å². The number of hydrogen-bond acceptors (Lipinski definition) is 2. The van der Waals surface area contributed by atoms with E-state index in [1.54, 1.807) is 12.1 Å². The maximum atomic E-state index is 13.4. The van der Waals surface area contributed by atoms with E-state index in [9.17, 15) is 4.39 Å². The number of rotatable bonds is 1. The van der Waals surface area contributed by atoms with Crippen LogP contribution in [0.2, 0.25) is 10.2 Å². The molecule has 2 aromatic rings. The minimum atomic E-state index is -0.616. The molecule has 0 bridgehead atoms. The van der Waals surface area contributed by atoms with Crippen LogP contribution in [0.25, 0.3) is 11.1 Å². The Bertz CT molecular complexity index is 503. The fraction of sp³-hybridized carbons (Fsp3) is 0. The van der Waals surface area contributed by atoms with Crippen LogP contribution in [0.3, 0.4) is 0 Å². The van der Waals surface area contributed by atoms with Crippen LogP contribution in [0, 0.1) is 5.95 Å². The molecule has 0 aliphatic carbocycles. The van der Waals surface area contributed by atoms with E-state index in [1.807, 2.05) is 0 Å². The third-order valence-electron chi connectivity index (χ3n) is 1.85. The lowest BCUT2D eigenvalue weighted by molar-refractivity contribution is 0.587. The van der Waals surface area contributed by atoms with Gasteiger partial charge in [0.1, 0.15) is 5.15 Å². The minimum Gasteiger partial charge on any atom is -0.244 e. The van der Waals surface area contributed by atoms with E-state index in [-0.39, 0.29) is 10.7 Å². The zero-order valence-electron chi connectivity index (χ0n) is 7.42. The van der Waals surface area contributed by atoms with Crippen LogP contribution in [0.5, 0.6) is 0 Å². The van der Waals surface area contributed by atoms with Crippen LogP contribution in [0.4, 0.5) is 4.39 Å². The van der Waals surface area contributed by atoms with Crippen molar-refractivity contribution < 1.29 is 4.39 Å². The van der Waals surface area contributed by atoms with Crippen molar-refractivity contribution in [2.45, 2.75) is 0 Å². The van der Waals surface area contributed by atoms with Gasteiger partial charge in [-0.05, 0) is 18.2 Å². The van der Waals surface area contributed by atoms with Gasteiger partial charge in [-0.25, -0.2) is 9.97 Å². The second-order valence-corrected chi connectivity index (χ2v) is 3.63. The van der Waals surface area contributed by atoms with Gasteiger partial charge in [0.05, 0.1) is 5.02 Å². The standard InChI is InChI=1S/C10H5Cl2FN2/c11-6-4-8(10(13)15-5-6)7-2-1-3-14-9(7)12/h1-5H. The van der Waals surface area contributed by atoms with E-state index >= 15 is 0 Å². The van der Waals surface area contributed by atoms with Crippen molar-refractivity contribution >= 4 is 23.2 Å². The van der Waals surface area contributed by atoms with Gasteiger partial charge in [-0.3, -0.25) is 0 Å². The fourth-order valence-corrected chi connectivity index (χ4v) is 1.58. The van der Waals surface area contributed by atoms with Gasteiger partial charge in [0.2, 0.25) is 5.95 Å². The third-order valence-corrected chi connectivity index (χ3v) is 2.36.